The zero-order chi connectivity index (χ0) is 17.2. The molecular weight excluding hydrogens is 296 g/mol. The summed E-state index contributed by atoms with van der Waals surface area (Å²) in [5, 5.41) is 0. The zero-order valence-corrected chi connectivity index (χ0v) is 13.7. The van der Waals surface area contributed by atoms with Crippen molar-refractivity contribution in [3.8, 4) is 0 Å². The van der Waals surface area contributed by atoms with E-state index in [0.29, 0.717) is 24.0 Å². The number of hydrogen-bond acceptors (Lipinski definition) is 5. The fraction of sp³-hybridized carbons (Fsp3) is 0.471. The van der Waals surface area contributed by atoms with Crippen molar-refractivity contribution in [1.29, 1.82) is 0 Å². The molecule has 1 atom stereocenters. The van der Waals surface area contributed by atoms with Crippen LogP contribution in [0, 0.1) is 0 Å². The van der Waals surface area contributed by atoms with Crippen molar-refractivity contribution in [2.24, 2.45) is 5.73 Å². The van der Waals surface area contributed by atoms with Crippen LogP contribution in [0.15, 0.2) is 24.3 Å². The van der Waals surface area contributed by atoms with Gasteiger partial charge in [0, 0.05) is 6.54 Å². The molecule has 0 saturated carbocycles. The van der Waals surface area contributed by atoms with Crippen LogP contribution < -0.4 is 5.73 Å². The maximum Gasteiger partial charge on any atom is 0.323 e. The summed E-state index contributed by atoms with van der Waals surface area (Å²) in [4.78, 5) is 37.4. The average molecular weight is 318 g/mol. The van der Waals surface area contributed by atoms with Gasteiger partial charge in [-0.15, -0.1) is 0 Å². The Hall–Kier alpha value is -2.21. The van der Waals surface area contributed by atoms with E-state index < -0.39 is 17.6 Å². The molecule has 0 spiro atoms. The number of carbonyl (C=O) groups excluding carboxylic acids is 3. The summed E-state index contributed by atoms with van der Waals surface area (Å²) in [7, 11) is 0. The van der Waals surface area contributed by atoms with Crippen LogP contribution >= 0.6 is 0 Å². The molecule has 2 N–H and O–H groups in total. The van der Waals surface area contributed by atoms with E-state index in [-0.39, 0.29) is 18.4 Å². The number of benzene rings is 1. The lowest BCUT2D eigenvalue weighted by Crippen LogP contribution is -2.38. The molecule has 1 heterocycles. The number of amides is 2. The first-order chi connectivity index (χ1) is 10.7. The Labute approximate surface area is 135 Å². The van der Waals surface area contributed by atoms with E-state index in [4.69, 9.17) is 10.5 Å². The van der Waals surface area contributed by atoms with Gasteiger partial charge < -0.3 is 10.5 Å². The molecule has 23 heavy (non-hydrogen) atoms. The summed E-state index contributed by atoms with van der Waals surface area (Å²) in [6, 6.07) is 5.98. The van der Waals surface area contributed by atoms with Crippen molar-refractivity contribution in [2.75, 3.05) is 6.54 Å². The molecule has 1 aromatic carbocycles. The van der Waals surface area contributed by atoms with Crippen LogP contribution in [0.25, 0.3) is 0 Å². The second-order valence-corrected chi connectivity index (χ2v) is 6.59. The van der Waals surface area contributed by atoms with Gasteiger partial charge in [-0.25, -0.2) is 0 Å². The molecule has 124 valence electrons. The molecule has 2 amide bonds. The highest BCUT2D eigenvalue weighted by Gasteiger charge is 2.34. The molecule has 1 aliphatic rings. The van der Waals surface area contributed by atoms with Crippen molar-refractivity contribution in [2.45, 2.75) is 45.3 Å². The molecule has 0 fully saturated rings. The third kappa shape index (κ3) is 3.96. The van der Waals surface area contributed by atoms with Crippen LogP contribution in [0.3, 0.4) is 0 Å². The van der Waals surface area contributed by atoms with Gasteiger partial charge in [-0.2, -0.15) is 0 Å². The van der Waals surface area contributed by atoms with Crippen LogP contribution in [0.1, 0.15) is 54.3 Å². The molecule has 0 bridgehead atoms. The molecule has 0 radical (unpaired) electrons. The number of nitrogens with zero attached hydrogens (tertiary/aromatic N) is 1. The summed E-state index contributed by atoms with van der Waals surface area (Å²) in [5.41, 5.74) is 6.06. The highest BCUT2D eigenvalue weighted by molar-refractivity contribution is 6.21. The van der Waals surface area contributed by atoms with Crippen LogP contribution in [0.4, 0.5) is 0 Å². The van der Waals surface area contributed by atoms with Gasteiger partial charge in [0.15, 0.2) is 0 Å². The minimum Gasteiger partial charge on any atom is -0.459 e. The van der Waals surface area contributed by atoms with E-state index in [2.05, 4.69) is 0 Å². The third-order valence-corrected chi connectivity index (χ3v) is 3.48. The predicted molar refractivity (Wildman–Crippen MR) is 84.9 cm³/mol. The average Bonchev–Trinajstić information content (AvgIpc) is 2.71. The van der Waals surface area contributed by atoms with Crippen LogP contribution in [-0.4, -0.2) is 40.9 Å². The number of rotatable bonds is 5. The maximum absolute atomic E-state index is 12.2. The Morgan fingerprint density at radius 3 is 2.17 bits per heavy atom. The number of hydrogen-bond donors (Lipinski definition) is 1. The smallest absolute Gasteiger partial charge is 0.323 e. The first-order valence-electron chi connectivity index (χ1n) is 7.64. The van der Waals surface area contributed by atoms with E-state index in [1.807, 2.05) is 0 Å². The molecular formula is C17H22N2O4. The predicted octanol–water partition coefficient (Wildman–Crippen LogP) is 1.73. The number of ether oxygens (including phenoxy) is 1. The van der Waals surface area contributed by atoms with Gasteiger partial charge in [-0.1, -0.05) is 12.1 Å². The van der Waals surface area contributed by atoms with Crippen molar-refractivity contribution < 1.29 is 19.1 Å². The molecule has 0 aromatic heterocycles. The number of nitrogens with two attached hydrogens (primary N) is 1. The topological polar surface area (TPSA) is 89.7 Å². The van der Waals surface area contributed by atoms with E-state index in [1.54, 1.807) is 45.0 Å². The largest absolute Gasteiger partial charge is 0.459 e. The molecule has 0 aliphatic carbocycles. The highest BCUT2D eigenvalue weighted by atomic mass is 16.6. The van der Waals surface area contributed by atoms with Gasteiger partial charge in [0.25, 0.3) is 11.8 Å². The van der Waals surface area contributed by atoms with Crippen molar-refractivity contribution in [3.63, 3.8) is 0 Å². The molecule has 1 aliphatic heterocycles. The van der Waals surface area contributed by atoms with E-state index in [1.165, 1.54) is 4.90 Å². The second-order valence-electron chi connectivity index (χ2n) is 6.59. The lowest BCUT2D eigenvalue weighted by Gasteiger charge is -2.22. The minimum atomic E-state index is -0.760. The molecule has 2 rings (SSSR count). The number of esters is 1. The van der Waals surface area contributed by atoms with Crippen LogP contribution in [0.2, 0.25) is 0 Å². The summed E-state index contributed by atoms with van der Waals surface area (Å²) in [6.45, 7) is 5.56. The molecule has 0 unspecified atom stereocenters. The summed E-state index contributed by atoms with van der Waals surface area (Å²) >= 11 is 0. The Balaban J connectivity index is 1.87. The van der Waals surface area contributed by atoms with Crippen molar-refractivity contribution in [1.82, 2.24) is 4.90 Å². The lowest BCUT2D eigenvalue weighted by molar-refractivity contribution is -0.156. The quantitative estimate of drug-likeness (QED) is 0.659. The molecule has 0 saturated heterocycles. The molecule has 6 nitrogen and oxygen atoms in total. The second kappa shape index (κ2) is 6.50. The fourth-order valence-electron chi connectivity index (χ4n) is 2.41. The number of fused-ring (bicyclic) bond motifs is 1. The summed E-state index contributed by atoms with van der Waals surface area (Å²) < 4.78 is 5.20. The van der Waals surface area contributed by atoms with Crippen molar-refractivity contribution in [3.05, 3.63) is 35.4 Å². The van der Waals surface area contributed by atoms with E-state index in [9.17, 15) is 14.4 Å². The van der Waals surface area contributed by atoms with E-state index in [0.717, 1.165) is 0 Å². The third-order valence-electron chi connectivity index (χ3n) is 3.48. The minimum absolute atomic E-state index is 0.239. The first kappa shape index (κ1) is 17.1. The van der Waals surface area contributed by atoms with Gasteiger partial charge in [0.1, 0.15) is 11.6 Å². The Bertz CT molecular complexity index is 599. The first-order valence-corrected chi connectivity index (χ1v) is 7.64. The number of imide groups is 1. The Morgan fingerprint density at radius 1 is 1.17 bits per heavy atom. The van der Waals surface area contributed by atoms with Gasteiger partial charge >= 0.3 is 5.97 Å². The fourth-order valence-corrected chi connectivity index (χ4v) is 2.41. The van der Waals surface area contributed by atoms with Crippen molar-refractivity contribution >= 4 is 17.8 Å². The lowest BCUT2D eigenvalue weighted by atomic mass is 10.1. The summed E-state index contributed by atoms with van der Waals surface area (Å²) in [6.07, 6.45) is 0.800. The van der Waals surface area contributed by atoms with E-state index >= 15 is 0 Å². The maximum atomic E-state index is 12.2. The van der Waals surface area contributed by atoms with Gasteiger partial charge in [0.2, 0.25) is 0 Å². The summed E-state index contributed by atoms with van der Waals surface area (Å²) in [5.74, 6) is -1.06. The molecule has 6 heteroatoms. The van der Waals surface area contributed by atoms with Gasteiger partial charge in [0.05, 0.1) is 11.1 Å². The van der Waals surface area contributed by atoms with Crippen LogP contribution in [-0.2, 0) is 9.53 Å². The SMILES string of the molecule is CC(C)(C)OC(=O)[C@H](N)CCCN1C(=O)c2ccccc2C1=O. The van der Waals surface area contributed by atoms with Gasteiger partial charge in [-0.3, -0.25) is 19.3 Å². The Morgan fingerprint density at radius 2 is 1.70 bits per heavy atom. The van der Waals surface area contributed by atoms with Crippen LogP contribution in [0.5, 0.6) is 0 Å². The van der Waals surface area contributed by atoms with Gasteiger partial charge in [-0.05, 0) is 45.7 Å². The normalized spacial score (nSPS) is 15.6. The highest BCUT2D eigenvalue weighted by Crippen LogP contribution is 2.22. The zero-order valence-electron chi connectivity index (χ0n) is 13.7. The number of carbonyl (C=O) groups is 3. The Kier molecular flexibility index (Phi) is 4.85. The monoisotopic (exact) mass is 318 g/mol. The standard InChI is InChI=1S/C17H22N2O4/c1-17(2,3)23-16(22)13(18)9-6-10-19-14(20)11-7-4-5-8-12(11)15(19)21/h4-5,7-8,13H,6,9-10,18H2,1-3H3/t13-/m1/s1. The molecule has 1 aromatic rings.